The molecule has 6 nitrogen and oxygen atoms in total. The number of hydrogen-bond acceptors (Lipinski definition) is 6. The van der Waals surface area contributed by atoms with Gasteiger partial charge in [0.05, 0.1) is 47.4 Å². The Labute approximate surface area is 143 Å². The fourth-order valence-electron chi connectivity index (χ4n) is 2.41. The van der Waals surface area contributed by atoms with Crippen LogP contribution in [0.15, 0.2) is 18.4 Å². The summed E-state index contributed by atoms with van der Waals surface area (Å²) < 4.78 is 33.0. The summed E-state index contributed by atoms with van der Waals surface area (Å²) in [5.74, 6) is 1.91. The predicted octanol–water partition coefficient (Wildman–Crippen LogP) is 3.10. The smallest absolute Gasteiger partial charge is 0.166 e. The van der Waals surface area contributed by atoms with Gasteiger partial charge in [-0.05, 0) is 12.1 Å². The highest BCUT2D eigenvalue weighted by atomic mass is 16.7. The topological polar surface area (TPSA) is 55.4 Å². The molecule has 1 fully saturated rings. The lowest BCUT2D eigenvalue weighted by Crippen LogP contribution is -2.36. The third-order valence-electron chi connectivity index (χ3n) is 3.76. The van der Waals surface area contributed by atoms with Gasteiger partial charge in [0.25, 0.3) is 0 Å². The van der Waals surface area contributed by atoms with Crippen LogP contribution in [0.5, 0.6) is 17.2 Å². The summed E-state index contributed by atoms with van der Waals surface area (Å²) in [6.07, 6.45) is 3.13. The van der Waals surface area contributed by atoms with Crippen LogP contribution in [0.3, 0.4) is 0 Å². The summed E-state index contributed by atoms with van der Waals surface area (Å²) in [5.41, 5.74) is 0.546. The van der Waals surface area contributed by atoms with Gasteiger partial charge in [0.15, 0.2) is 17.8 Å². The summed E-state index contributed by atoms with van der Waals surface area (Å²) >= 11 is 0. The second-order valence-corrected chi connectivity index (χ2v) is 6.13. The molecular weight excluding hydrogens is 312 g/mol. The van der Waals surface area contributed by atoms with Gasteiger partial charge in [0.2, 0.25) is 0 Å². The molecule has 24 heavy (non-hydrogen) atoms. The lowest BCUT2D eigenvalue weighted by Gasteiger charge is -2.29. The minimum atomic E-state index is -0.286. The van der Waals surface area contributed by atoms with E-state index in [0.717, 1.165) is 5.56 Å². The summed E-state index contributed by atoms with van der Waals surface area (Å²) in [6, 6.07) is 3.65. The zero-order valence-electron chi connectivity index (χ0n) is 15.0. The largest absolute Gasteiger partial charge is 0.504 e. The van der Waals surface area contributed by atoms with E-state index in [1.54, 1.807) is 33.7 Å². The first kappa shape index (κ1) is 18.4. The Kier molecular flexibility index (Phi) is 6.34. The molecule has 0 aromatic heterocycles. The molecule has 1 saturated heterocycles. The summed E-state index contributed by atoms with van der Waals surface area (Å²) in [6.45, 7) is 5.77. The molecule has 134 valence electrons. The van der Waals surface area contributed by atoms with Crippen molar-refractivity contribution >= 4 is 6.08 Å². The molecule has 0 atom stereocenters. The third-order valence-corrected chi connectivity index (χ3v) is 3.76. The van der Waals surface area contributed by atoms with Gasteiger partial charge in [0.1, 0.15) is 5.75 Å². The summed E-state index contributed by atoms with van der Waals surface area (Å²) in [7, 11) is 4.78. The van der Waals surface area contributed by atoms with Crippen molar-refractivity contribution in [3.8, 4) is 17.2 Å². The average Bonchev–Trinajstić information content (AvgIpc) is 3.13. The molecule has 1 heterocycles. The van der Waals surface area contributed by atoms with Gasteiger partial charge in [-0.2, -0.15) is 0 Å². The monoisotopic (exact) mass is 338 g/mol. The van der Waals surface area contributed by atoms with Crippen LogP contribution in [0.2, 0.25) is 0 Å². The van der Waals surface area contributed by atoms with E-state index in [2.05, 4.69) is 13.8 Å². The quantitative estimate of drug-likeness (QED) is 0.679. The molecule has 0 unspecified atom stereocenters. The van der Waals surface area contributed by atoms with Crippen molar-refractivity contribution in [1.82, 2.24) is 0 Å². The highest BCUT2D eigenvalue weighted by Gasteiger charge is 2.35. The first-order chi connectivity index (χ1) is 11.5. The lowest BCUT2D eigenvalue weighted by atomic mass is 9.94. The second-order valence-electron chi connectivity index (χ2n) is 6.13. The number of ether oxygens (including phenoxy) is 6. The predicted molar refractivity (Wildman–Crippen MR) is 90.6 cm³/mol. The molecule has 0 saturated carbocycles. The van der Waals surface area contributed by atoms with Crippen LogP contribution in [0, 0.1) is 5.41 Å². The fourth-order valence-corrected chi connectivity index (χ4v) is 2.41. The molecule has 0 N–H and O–H groups in total. The van der Waals surface area contributed by atoms with E-state index in [1.807, 2.05) is 12.1 Å². The van der Waals surface area contributed by atoms with Crippen LogP contribution in [-0.4, -0.2) is 47.4 Å². The highest BCUT2D eigenvalue weighted by Crippen LogP contribution is 2.37. The van der Waals surface area contributed by atoms with Crippen molar-refractivity contribution in [3.63, 3.8) is 0 Å². The maximum Gasteiger partial charge on any atom is 0.166 e. The third kappa shape index (κ3) is 4.33. The molecule has 2 rings (SSSR count). The van der Waals surface area contributed by atoms with E-state index < -0.39 is 0 Å². The SMILES string of the molecule is CO/C=C\c1cc(OC)c(OC)cc1OCC(C)(C)C1OCCO1. The zero-order chi connectivity index (χ0) is 17.6. The van der Waals surface area contributed by atoms with Gasteiger partial charge in [-0.15, -0.1) is 0 Å². The van der Waals surface area contributed by atoms with Crippen LogP contribution in [0.4, 0.5) is 0 Å². The van der Waals surface area contributed by atoms with E-state index in [9.17, 15) is 0 Å². The Morgan fingerprint density at radius 2 is 1.67 bits per heavy atom. The molecule has 0 radical (unpaired) electrons. The van der Waals surface area contributed by atoms with Gasteiger partial charge in [0, 0.05) is 17.0 Å². The molecule has 1 aromatic carbocycles. The van der Waals surface area contributed by atoms with E-state index in [1.165, 1.54) is 0 Å². The number of benzene rings is 1. The van der Waals surface area contributed by atoms with E-state index >= 15 is 0 Å². The molecule has 6 heteroatoms. The normalized spacial score (nSPS) is 15.7. The number of rotatable bonds is 8. The highest BCUT2D eigenvalue weighted by molar-refractivity contribution is 5.63. The maximum atomic E-state index is 6.05. The lowest BCUT2D eigenvalue weighted by molar-refractivity contribution is -0.131. The van der Waals surface area contributed by atoms with Gasteiger partial charge < -0.3 is 28.4 Å². The standard InChI is InChI=1S/C18H26O6/c1-18(2,17-22-8-9-23-17)12-24-14-11-16(21-5)15(20-4)10-13(14)6-7-19-3/h6-7,10-11,17H,8-9,12H2,1-5H3/b7-6-. The number of methoxy groups -OCH3 is 3. The van der Waals surface area contributed by atoms with Gasteiger partial charge in [-0.1, -0.05) is 13.8 Å². The molecule has 0 spiro atoms. The number of hydrogen-bond donors (Lipinski definition) is 0. The van der Waals surface area contributed by atoms with Gasteiger partial charge >= 0.3 is 0 Å². The van der Waals surface area contributed by atoms with Crippen LogP contribution in [-0.2, 0) is 14.2 Å². The van der Waals surface area contributed by atoms with Crippen LogP contribution in [0.25, 0.3) is 6.08 Å². The van der Waals surface area contributed by atoms with E-state index in [4.69, 9.17) is 28.4 Å². The maximum absolute atomic E-state index is 6.05. The van der Waals surface area contributed by atoms with Crippen molar-refractivity contribution in [2.45, 2.75) is 20.1 Å². The van der Waals surface area contributed by atoms with Crippen molar-refractivity contribution in [3.05, 3.63) is 24.0 Å². The molecule has 1 aliphatic heterocycles. The second kappa shape index (κ2) is 8.26. The molecule has 0 aliphatic carbocycles. The fraction of sp³-hybridized carbons (Fsp3) is 0.556. The summed E-state index contributed by atoms with van der Waals surface area (Å²) in [4.78, 5) is 0. The first-order valence-electron chi connectivity index (χ1n) is 7.83. The Morgan fingerprint density at radius 1 is 1.04 bits per heavy atom. The van der Waals surface area contributed by atoms with Gasteiger partial charge in [-0.25, -0.2) is 0 Å². The van der Waals surface area contributed by atoms with E-state index in [0.29, 0.717) is 37.1 Å². The van der Waals surface area contributed by atoms with Crippen LogP contribution < -0.4 is 14.2 Å². The Balaban J connectivity index is 2.21. The average molecular weight is 338 g/mol. The molecule has 1 aromatic rings. The van der Waals surface area contributed by atoms with Gasteiger partial charge in [-0.3, -0.25) is 0 Å². The minimum Gasteiger partial charge on any atom is -0.504 e. The summed E-state index contributed by atoms with van der Waals surface area (Å²) in [5, 5.41) is 0. The van der Waals surface area contributed by atoms with Crippen molar-refractivity contribution < 1.29 is 28.4 Å². The van der Waals surface area contributed by atoms with Crippen molar-refractivity contribution in [1.29, 1.82) is 0 Å². The minimum absolute atomic E-state index is 0.268. The van der Waals surface area contributed by atoms with E-state index in [-0.39, 0.29) is 11.7 Å². The zero-order valence-corrected chi connectivity index (χ0v) is 15.0. The Hall–Kier alpha value is -1.92. The molecule has 0 amide bonds. The van der Waals surface area contributed by atoms with Crippen molar-refractivity contribution in [2.75, 3.05) is 41.2 Å². The molecule has 0 bridgehead atoms. The van der Waals surface area contributed by atoms with Crippen molar-refractivity contribution in [2.24, 2.45) is 5.41 Å². The Bertz CT molecular complexity index is 561. The van der Waals surface area contributed by atoms with Crippen LogP contribution in [0.1, 0.15) is 19.4 Å². The first-order valence-corrected chi connectivity index (χ1v) is 7.83. The van der Waals surface area contributed by atoms with Crippen LogP contribution >= 0.6 is 0 Å². The molecule has 1 aliphatic rings. The molecular formula is C18H26O6. The Morgan fingerprint density at radius 3 is 2.25 bits per heavy atom.